The van der Waals surface area contributed by atoms with E-state index in [0.717, 1.165) is 23.4 Å². The lowest BCUT2D eigenvalue weighted by molar-refractivity contribution is 0.956. The molecule has 0 aliphatic heterocycles. The van der Waals surface area contributed by atoms with Crippen LogP contribution in [0.2, 0.25) is 0 Å². The molecule has 0 saturated carbocycles. The van der Waals surface area contributed by atoms with Gasteiger partial charge in [0.2, 0.25) is 0 Å². The van der Waals surface area contributed by atoms with Gasteiger partial charge >= 0.3 is 0 Å². The maximum Gasteiger partial charge on any atom is 0.0883 e. The molecule has 0 bridgehead atoms. The van der Waals surface area contributed by atoms with Gasteiger partial charge in [-0.15, -0.1) is 0 Å². The van der Waals surface area contributed by atoms with Gasteiger partial charge in [-0.2, -0.15) is 10.2 Å². The van der Waals surface area contributed by atoms with Crippen molar-refractivity contribution in [2.75, 3.05) is 0 Å². The van der Waals surface area contributed by atoms with E-state index in [1.54, 1.807) is 0 Å². The van der Waals surface area contributed by atoms with Gasteiger partial charge in [-0.1, -0.05) is 13.5 Å². The molecule has 0 saturated heterocycles. The van der Waals surface area contributed by atoms with E-state index in [1.807, 2.05) is 19.1 Å². The minimum atomic E-state index is 0.901. The van der Waals surface area contributed by atoms with Crippen molar-refractivity contribution >= 4 is 5.57 Å². The molecule has 0 aliphatic carbocycles. The predicted molar refractivity (Wildman–Crippen MR) is 46.1 cm³/mol. The summed E-state index contributed by atoms with van der Waals surface area (Å²) in [5.41, 5.74) is 2.88. The van der Waals surface area contributed by atoms with Crippen LogP contribution in [0.4, 0.5) is 0 Å². The average Bonchev–Trinajstić information content (AvgIpc) is 2.05. The van der Waals surface area contributed by atoms with Crippen molar-refractivity contribution in [3.63, 3.8) is 0 Å². The van der Waals surface area contributed by atoms with Crippen LogP contribution in [0.15, 0.2) is 18.7 Å². The number of allylic oxidation sites excluding steroid dienone is 1. The van der Waals surface area contributed by atoms with E-state index in [0.29, 0.717) is 0 Å². The molecule has 0 atom stereocenters. The summed E-state index contributed by atoms with van der Waals surface area (Å²) < 4.78 is 0. The zero-order valence-corrected chi connectivity index (χ0v) is 6.96. The Hall–Kier alpha value is -1.18. The maximum absolute atomic E-state index is 4.00. The first-order valence-corrected chi connectivity index (χ1v) is 3.72. The summed E-state index contributed by atoms with van der Waals surface area (Å²) in [7, 11) is 0. The number of hydrogen-bond acceptors (Lipinski definition) is 2. The highest BCUT2D eigenvalue weighted by Crippen LogP contribution is 2.10. The zero-order chi connectivity index (χ0) is 8.27. The third kappa shape index (κ3) is 1.87. The first-order valence-electron chi connectivity index (χ1n) is 3.72. The summed E-state index contributed by atoms with van der Waals surface area (Å²) in [6.07, 6.45) is 0.928. The summed E-state index contributed by atoms with van der Waals surface area (Å²) in [4.78, 5) is 0. The molecule has 0 aliphatic rings. The molecular weight excluding hydrogens is 136 g/mol. The molecule has 0 radical (unpaired) electrons. The van der Waals surface area contributed by atoms with E-state index < -0.39 is 0 Å². The van der Waals surface area contributed by atoms with Crippen LogP contribution in [0.25, 0.3) is 5.57 Å². The summed E-state index contributed by atoms with van der Waals surface area (Å²) in [6.45, 7) is 7.85. The Labute approximate surface area is 67.0 Å². The molecule has 0 amide bonds. The quantitative estimate of drug-likeness (QED) is 0.642. The zero-order valence-electron chi connectivity index (χ0n) is 6.96. The number of nitrogens with zero attached hydrogens (tertiary/aromatic N) is 2. The summed E-state index contributed by atoms with van der Waals surface area (Å²) in [6, 6.07) is 3.90. The third-order valence-electron chi connectivity index (χ3n) is 1.59. The van der Waals surface area contributed by atoms with E-state index in [1.165, 1.54) is 0 Å². The van der Waals surface area contributed by atoms with Crippen LogP contribution in [0, 0.1) is 6.92 Å². The highest BCUT2D eigenvalue weighted by atomic mass is 15.1. The first kappa shape index (κ1) is 7.92. The Bertz CT molecular complexity index is 249. The second kappa shape index (κ2) is 3.28. The van der Waals surface area contributed by atoms with E-state index in [-0.39, 0.29) is 0 Å². The number of aromatic nitrogens is 2. The Balaban J connectivity index is 2.90. The molecular formula is C9H12N2. The van der Waals surface area contributed by atoms with Gasteiger partial charge in [0.15, 0.2) is 0 Å². The topological polar surface area (TPSA) is 25.8 Å². The van der Waals surface area contributed by atoms with Crippen LogP contribution in [-0.4, -0.2) is 10.2 Å². The summed E-state index contributed by atoms with van der Waals surface area (Å²) in [5, 5.41) is 7.94. The molecule has 2 nitrogen and oxygen atoms in total. The van der Waals surface area contributed by atoms with E-state index >= 15 is 0 Å². The van der Waals surface area contributed by atoms with Crippen molar-refractivity contribution in [2.45, 2.75) is 20.3 Å². The fourth-order valence-electron chi connectivity index (χ4n) is 0.769. The molecule has 58 valence electrons. The fraction of sp³-hybridized carbons (Fsp3) is 0.333. The van der Waals surface area contributed by atoms with Gasteiger partial charge < -0.3 is 0 Å². The van der Waals surface area contributed by atoms with Gasteiger partial charge in [0.1, 0.15) is 0 Å². The Morgan fingerprint density at radius 3 is 2.64 bits per heavy atom. The molecule has 0 aromatic carbocycles. The van der Waals surface area contributed by atoms with E-state index in [2.05, 4.69) is 23.7 Å². The van der Waals surface area contributed by atoms with Gasteiger partial charge in [0.05, 0.1) is 11.4 Å². The predicted octanol–water partition coefficient (Wildman–Crippen LogP) is 2.21. The van der Waals surface area contributed by atoms with Crippen LogP contribution >= 0.6 is 0 Å². The molecule has 1 aromatic heterocycles. The fourth-order valence-corrected chi connectivity index (χ4v) is 0.769. The summed E-state index contributed by atoms with van der Waals surface area (Å²) >= 11 is 0. The Morgan fingerprint density at radius 1 is 1.45 bits per heavy atom. The van der Waals surface area contributed by atoms with Gasteiger partial charge in [-0.25, -0.2) is 0 Å². The number of rotatable bonds is 2. The smallest absolute Gasteiger partial charge is 0.0883 e. The monoisotopic (exact) mass is 148 g/mol. The second-order valence-corrected chi connectivity index (χ2v) is 2.52. The standard InChI is InChI=1S/C9H12N2/c1-4-7(2)9-6-5-8(3)10-11-9/h5-6H,2,4H2,1,3H3. The maximum atomic E-state index is 4.00. The molecule has 2 heteroatoms. The second-order valence-electron chi connectivity index (χ2n) is 2.52. The van der Waals surface area contributed by atoms with Gasteiger partial charge in [0, 0.05) is 0 Å². The van der Waals surface area contributed by atoms with Crippen molar-refractivity contribution in [1.29, 1.82) is 0 Å². The van der Waals surface area contributed by atoms with E-state index in [4.69, 9.17) is 0 Å². The minimum absolute atomic E-state index is 0.901. The van der Waals surface area contributed by atoms with Gasteiger partial charge in [-0.3, -0.25) is 0 Å². The average molecular weight is 148 g/mol. The van der Waals surface area contributed by atoms with Crippen LogP contribution in [0.1, 0.15) is 24.7 Å². The largest absolute Gasteiger partial charge is 0.155 e. The van der Waals surface area contributed by atoms with Crippen LogP contribution in [-0.2, 0) is 0 Å². The lowest BCUT2D eigenvalue weighted by Crippen LogP contribution is -1.91. The highest BCUT2D eigenvalue weighted by molar-refractivity contribution is 5.58. The molecule has 0 fully saturated rings. The minimum Gasteiger partial charge on any atom is -0.155 e. The first-order chi connectivity index (χ1) is 5.24. The summed E-state index contributed by atoms with van der Waals surface area (Å²) in [5.74, 6) is 0. The van der Waals surface area contributed by atoms with Crippen molar-refractivity contribution in [3.8, 4) is 0 Å². The molecule has 1 rings (SSSR count). The van der Waals surface area contributed by atoms with Crippen molar-refractivity contribution < 1.29 is 0 Å². The van der Waals surface area contributed by atoms with E-state index in [9.17, 15) is 0 Å². The van der Waals surface area contributed by atoms with Gasteiger partial charge in [-0.05, 0) is 31.1 Å². The normalized spacial score (nSPS) is 9.64. The van der Waals surface area contributed by atoms with Crippen LogP contribution in [0.3, 0.4) is 0 Å². The lowest BCUT2D eigenvalue weighted by Gasteiger charge is -1.99. The van der Waals surface area contributed by atoms with Crippen molar-refractivity contribution in [2.24, 2.45) is 0 Å². The molecule has 11 heavy (non-hydrogen) atoms. The molecule has 1 heterocycles. The SMILES string of the molecule is C=C(CC)c1ccc(C)nn1. The van der Waals surface area contributed by atoms with Crippen LogP contribution in [0.5, 0.6) is 0 Å². The van der Waals surface area contributed by atoms with Crippen molar-refractivity contribution in [1.82, 2.24) is 10.2 Å². The number of hydrogen-bond donors (Lipinski definition) is 0. The number of aryl methyl sites for hydroxylation is 1. The molecule has 1 aromatic rings. The third-order valence-corrected chi connectivity index (χ3v) is 1.59. The Kier molecular flexibility index (Phi) is 2.36. The molecule has 0 unspecified atom stereocenters. The molecule has 0 N–H and O–H groups in total. The molecule has 0 spiro atoms. The highest BCUT2D eigenvalue weighted by Gasteiger charge is 1.96. The van der Waals surface area contributed by atoms with Gasteiger partial charge in [0.25, 0.3) is 0 Å². The van der Waals surface area contributed by atoms with Crippen LogP contribution < -0.4 is 0 Å². The Morgan fingerprint density at radius 2 is 2.18 bits per heavy atom. The lowest BCUT2D eigenvalue weighted by atomic mass is 10.1. The van der Waals surface area contributed by atoms with Crippen molar-refractivity contribution in [3.05, 3.63) is 30.1 Å².